The van der Waals surface area contributed by atoms with Crippen LogP contribution in [0.25, 0.3) is 10.8 Å². The van der Waals surface area contributed by atoms with Crippen LogP contribution in [0.4, 0.5) is 0 Å². The Morgan fingerprint density at radius 3 is 2.62 bits per heavy atom. The Morgan fingerprint density at radius 1 is 1.33 bits per heavy atom. The first kappa shape index (κ1) is 14.4. The normalized spacial score (nSPS) is 10.3. The molecule has 0 aliphatic heterocycles. The lowest BCUT2D eigenvalue weighted by Crippen LogP contribution is -2.36. The minimum absolute atomic E-state index is 0.170. The number of hydrogen-bond donors (Lipinski definition) is 1. The fourth-order valence-electron chi connectivity index (χ4n) is 1.87. The van der Waals surface area contributed by atoms with Gasteiger partial charge in [-0.15, -0.1) is 6.58 Å². The van der Waals surface area contributed by atoms with Crippen LogP contribution in [-0.2, 0) is 11.3 Å². The number of amides is 1. The third-order valence-corrected chi connectivity index (χ3v) is 2.80. The highest BCUT2D eigenvalue weighted by molar-refractivity contribution is 6.00. The predicted octanol–water partition coefficient (Wildman–Crippen LogP) is -0.938. The van der Waals surface area contributed by atoms with Crippen molar-refractivity contribution in [3.05, 3.63) is 53.0 Å². The molecule has 0 spiro atoms. The molecule has 0 radical (unpaired) electrons. The molecule has 0 saturated carbocycles. The van der Waals surface area contributed by atoms with Gasteiger partial charge in [-0.3, -0.25) is 9.59 Å². The van der Waals surface area contributed by atoms with E-state index in [1.54, 1.807) is 12.1 Å². The van der Waals surface area contributed by atoms with Crippen LogP contribution in [0.5, 0.6) is 0 Å². The SMILES string of the molecule is C=CCNC(=O)Cn1nc(C(=O)[O-])c2ccccc2c1=O. The highest BCUT2D eigenvalue weighted by atomic mass is 16.4. The van der Waals surface area contributed by atoms with Crippen molar-refractivity contribution in [3.8, 4) is 0 Å². The maximum absolute atomic E-state index is 12.2. The van der Waals surface area contributed by atoms with Gasteiger partial charge in [0.15, 0.2) is 0 Å². The Hall–Kier alpha value is -2.96. The van der Waals surface area contributed by atoms with E-state index >= 15 is 0 Å². The van der Waals surface area contributed by atoms with Gasteiger partial charge in [0.05, 0.1) is 11.4 Å². The average Bonchev–Trinajstić information content (AvgIpc) is 2.47. The summed E-state index contributed by atoms with van der Waals surface area (Å²) in [4.78, 5) is 35.0. The molecule has 2 rings (SSSR count). The molecule has 0 atom stereocenters. The van der Waals surface area contributed by atoms with Crippen LogP contribution in [0.3, 0.4) is 0 Å². The van der Waals surface area contributed by atoms with Gasteiger partial charge in [-0.1, -0.05) is 24.3 Å². The average molecular weight is 286 g/mol. The van der Waals surface area contributed by atoms with E-state index in [2.05, 4.69) is 17.0 Å². The Kier molecular flexibility index (Phi) is 4.13. The molecule has 1 aromatic carbocycles. The standard InChI is InChI=1S/C14H13N3O4/c1-2-7-15-11(18)8-17-13(19)10-6-4-3-5-9(10)12(16-17)14(20)21/h2-6H,1,7-8H2,(H,15,18)(H,20,21)/p-1. The summed E-state index contributed by atoms with van der Waals surface area (Å²) >= 11 is 0. The van der Waals surface area contributed by atoms with Gasteiger partial charge in [-0.05, 0) is 6.07 Å². The van der Waals surface area contributed by atoms with E-state index in [0.717, 1.165) is 4.68 Å². The Labute approximate surface area is 119 Å². The molecule has 0 bridgehead atoms. The molecule has 0 aliphatic carbocycles. The monoisotopic (exact) mass is 286 g/mol. The second kappa shape index (κ2) is 6.00. The number of fused-ring (bicyclic) bond motifs is 1. The number of hydrogen-bond acceptors (Lipinski definition) is 5. The van der Waals surface area contributed by atoms with E-state index < -0.39 is 17.4 Å². The zero-order valence-corrected chi connectivity index (χ0v) is 11.0. The lowest BCUT2D eigenvalue weighted by Gasteiger charge is -2.11. The Balaban J connectivity index is 2.52. The molecular formula is C14H12N3O4-. The number of nitrogens with zero attached hydrogens (tertiary/aromatic N) is 2. The summed E-state index contributed by atoms with van der Waals surface area (Å²) in [5.41, 5.74) is -0.911. The van der Waals surface area contributed by atoms with Crippen LogP contribution in [0.15, 0.2) is 41.7 Å². The maximum Gasteiger partial charge on any atom is 0.275 e. The summed E-state index contributed by atoms with van der Waals surface area (Å²) in [7, 11) is 0. The molecule has 1 N–H and O–H groups in total. The van der Waals surface area contributed by atoms with Crippen molar-refractivity contribution in [2.75, 3.05) is 6.54 Å². The second-order valence-electron chi connectivity index (χ2n) is 4.24. The van der Waals surface area contributed by atoms with E-state index in [9.17, 15) is 19.5 Å². The summed E-state index contributed by atoms with van der Waals surface area (Å²) in [6.07, 6.45) is 1.49. The molecule has 2 aromatic rings. The number of nitrogens with one attached hydrogen (secondary N) is 1. The van der Waals surface area contributed by atoms with Gasteiger partial charge in [0.25, 0.3) is 5.56 Å². The lowest BCUT2D eigenvalue weighted by atomic mass is 10.1. The highest BCUT2D eigenvalue weighted by Crippen LogP contribution is 2.12. The number of carboxylic acid groups (broad SMARTS) is 1. The van der Waals surface area contributed by atoms with Crippen LogP contribution in [0.1, 0.15) is 10.5 Å². The first-order valence-electron chi connectivity index (χ1n) is 6.13. The van der Waals surface area contributed by atoms with Crippen LogP contribution in [-0.4, -0.2) is 28.2 Å². The number of aromatic carboxylic acids is 1. The fourth-order valence-corrected chi connectivity index (χ4v) is 1.87. The quantitative estimate of drug-likeness (QED) is 0.714. The van der Waals surface area contributed by atoms with Crippen molar-refractivity contribution in [2.24, 2.45) is 0 Å². The molecule has 0 aliphatic rings. The van der Waals surface area contributed by atoms with Gasteiger partial charge in [0.2, 0.25) is 5.91 Å². The van der Waals surface area contributed by atoms with Gasteiger partial charge in [-0.25, -0.2) is 4.68 Å². The number of carboxylic acids is 1. The van der Waals surface area contributed by atoms with Crippen molar-refractivity contribution in [1.82, 2.24) is 15.1 Å². The molecule has 0 fully saturated rings. The first-order valence-corrected chi connectivity index (χ1v) is 6.13. The minimum Gasteiger partial charge on any atom is -0.543 e. The third kappa shape index (κ3) is 2.97. The Morgan fingerprint density at radius 2 is 2.00 bits per heavy atom. The van der Waals surface area contributed by atoms with Crippen molar-refractivity contribution in [1.29, 1.82) is 0 Å². The van der Waals surface area contributed by atoms with E-state index in [0.29, 0.717) is 0 Å². The van der Waals surface area contributed by atoms with Crippen molar-refractivity contribution in [2.45, 2.75) is 6.54 Å². The van der Waals surface area contributed by atoms with E-state index in [4.69, 9.17) is 0 Å². The maximum atomic E-state index is 12.2. The molecule has 21 heavy (non-hydrogen) atoms. The second-order valence-corrected chi connectivity index (χ2v) is 4.24. The van der Waals surface area contributed by atoms with Crippen LogP contribution in [0, 0.1) is 0 Å². The van der Waals surface area contributed by atoms with Crippen molar-refractivity contribution < 1.29 is 14.7 Å². The molecule has 0 saturated heterocycles. The topological polar surface area (TPSA) is 104 Å². The van der Waals surface area contributed by atoms with Crippen LogP contribution >= 0.6 is 0 Å². The zero-order chi connectivity index (χ0) is 15.4. The molecule has 7 heteroatoms. The highest BCUT2D eigenvalue weighted by Gasteiger charge is 2.12. The molecule has 1 amide bonds. The first-order chi connectivity index (χ1) is 10.0. The summed E-state index contributed by atoms with van der Waals surface area (Å²) in [5, 5.41) is 17.7. The predicted molar refractivity (Wildman–Crippen MR) is 73.5 cm³/mol. The number of rotatable bonds is 5. The molecule has 7 nitrogen and oxygen atoms in total. The van der Waals surface area contributed by atoms with Gasteiger partial charge in [0, 0.05) is 11.9 Å². The van der Waals surface area contributed by atoms with E-state index in [1.165, 1.54) is 18.2 Å². The summed E-state index contributed by atoms with van der Waals surface area (Å²) in [6, 6.07) is 6.14. The van der Waals surface area contributed by atoms with E-state index in [-0.39, 0.29) is 29.6 Å². The summed E-state index contributed by atoms with van der Waals surface area (Å²) in [6.45, 7) is 3.32. The molecule has 1 aromatic heterocycles. The van der Waals surface area contributed by atoms with Crippen LogP contribution in [0.2, 0.25) is 0 Å². The van der Waals surface area contributed by atoms with Crippen LogP contribution < -0.4 is 16.0 Å². The molecule has 0 unspecified atom stereocenters. The molecular weight excluding hydrogens is 274 g/mol. The number of carbonyl (C=O) groups is 2. The number of benzene rings is 1. The van der Waals surface area contributed by atoms with Gasteiger partial charge in [-0.2, -0.15) is 5.10 Å². The van der Waals surface area contributed by atoms with Gasteiger partial charge < -0.3 is 15.2 Å². The molecule has 108 valence electrons. The summed E-state index contributed by atoms with van der Waals surface area (Å²) < 4.78 is 0.811. The number of aromatic nitrogens is 2. The van der Waals surface area contributed by atoms with Gasteiger partial charge >= 0.3 is 0 Å². The van der Waals surface area contributed by atoms with Crippen molar-refractivity contribution >= 4 is 22.6 Å². The van der Waals surface area contributed by atoms with Gasteiger partial charge in [0.1, 0.15) is 12.2 Å². The zero-order valence-electron chi connectivity index (χ0n) is 11.0. The fraction of sp³-hybridized carbons (Fsp3) is 0.143. The Bertz CT molecular complexity index is 779. The van der Waals surface area contributed by atoms with Crippen molar-refractivity contribution in [3.63, 3.8) is 0 Å². The minimum atomic E-state index is -1.51. The largest absolute Gasteiger partial charge is 0.543 e. The lowest BCUT2D eigenvalue weighted by molar-refractivity contribution is -0.255. The molecule has 1 heterocycles. The smallest absolute Gasteiger partial charge is 0.275 e. The third-order valence-electron chi connectivity index (χ3n) is 2.80. The summed E-state index contributed by atoms with van der Waals surface area (Å²) in [5.74, 6) is -1.98. The van der Waals surface area contributed by atoms with E-state index in [1.807, 2.05) is 0 Å². The number of carbonyl (C=O) groups excluding carboxylic acids is 2.